The molecule has 0 aliphatic heterocycles. The predicted octanol–water partition coefficient (Wildman–Crippen LogP) is 3.41. The highest BCUT2D eigenvalue weighted by molar-refractivity contribution is 6.30. The van der Waals surface area contributed by atoms with Crippen molar-refractivity contribution >= 4 is 23.3 Å². The molecule has 1 atom stereocenters. The lowest BCUT2D eigenvalue weighted by Crippen LogP contribution is -2.32. The zero-order valence-corrected chi connectivity index (χ0v) is 15.3. The first-order valence-electron chi connectivity index (χ1n) is 8.83. The minimum atomic E-state index is -0.431. The number of fused-ring (bicyclic) bond motifs is 1. The fourth-order valence-corrected chi connectivity index (χ4v) is 3.53. The maximum absolute atomic E-state index is 13.1. The van der Waals surface area contributed by atoms with Gasteiger partial charge >= 0.3 is 0 Å². The van der Waals surface area contributed by atoms with Crippen molar-refractivity contribution in [2.45, 2.75) is 6.04 Å². The smallest absolute Gasteiger partial charge is 0.194 e. The van der Waals surface area contributed by atoms with Crippen LogP contribution in [-0.2, 0) is 0 Å². The number of carbonyl (C=O) groups is 2. The van der Waals surface area contributed by atoms with Gasteiger partial charge in [0.1, 0.15) is 0 Å². The van der Waals surface area contributed by atoms with Gasteiger partial charge in [0.05, 0.1) is 0 Å². The van der Waals surface area contributed by atoms with Gasteiger partial charge in [-0.05, 0) is 29.3 Å². The molecule has 4 rings (SSSR count). The average Bonchev–Trinajstić information content (AvgIpc) is 2.68. The summed E-state index contributed by atoms with van der Waals surface area (Å²) in [5.41, 5.74) is 10.7. The maximum Gasteiger partial charge on any atom is 0.194 e. The number of Topliss-reactive ketones (excluding diaryl/α,β-unsaturated/α-hetero) is 2. The fraction of sp³-hybridized carbons (Fsp3) is 0.130. The van der Waals surface area contributed by atoms with E-state index < -0.39 is 6.04 Å². The highest BCUT2D eigenvalue weighted by atomic mass is 16.1. The lowest BCUT2D eigenvalue weighted by molar-refractivity contribution is 0.0978. The molecule has 2 aliphatic carbocycles. The molecule has 4 heteroatoms. The zero-order valence-electron chi connectivity index (χ0n) is 15.3. The van der Waals surface area contributed by atoms with Crippen molar-refractivity contribution in [3.05, 3.63) is 94.1 Å². The number of allylic oxidation sites excluding steroid dienone is 2. The second kappa shape index (κ2) is 6.49. The topological polar surface area (TPSA) is 63.4 Å². The van der Waals surface area contributed by atoms with Crippen LogP contribution in [0.3, 0.4) is 0 Å². The van der Waals surface area contributed by atoms with Gasteiger partial charge in [-0.15, -0.1) is 0 Å². The Balaban J connectivity index is 1.83. The van der Waals surface area contributed by atoms with Crippen molar-refractivity contribution in [2.24, 2.45) is 5.73 Å². The predicted molar refractivity (Wildman–Crippen MR) is 108 cm³/mol. The molecule has 27 heavy (non-hydrogen) atoms. The van der Waals surface area contributed by atoms with E-state index in [1.54, 1.807) is 36.4 Å². The molecule has 2 aliphatic rings. The minimum absolute atomic E-state index is 0.128. The third-order valence-corrected chi connectivity index (χ3v) is 5.01. The Hall–Kier alpha value is -3.24. The minimum Gasteiger partial charge on any atom is -0.378 e. The number of rotatable bonds is 2. The molecule has 0 amide bonds. The first-order valence-corrected chi connectivity index (χ1v) is 8.83. The Morgan fingerprint density at radius 1 is 0.926 bits per heavy atom. The Morgan fingerprint density at radius 2 is 1.56 bits per heavy atom. The first kappa shape index (κ1) is 17.2. The molecule has 2 aromatic carbocycles. The molecular weight excluding hydrogens is 336 g/mol. The van der Waals surface area contributed by atoms with Crippen LogP contribution in [0.15, 0.2) is 77.4 Å². The van der Waals surface area contributed by atoms with Crippen LogP contribution in [0.4, 0.5) is 5.69 Å². The van der Waals surface area contributed by atoms with E-state index in [1.807, 2.05) is 49.3 Å². The van der Waals surface area contributed by atoms with Crippen molar-refractivity contribution in [3.8, 4) is 0 Å². The lowest BCUT2D eigenvalue weighted by Gasteiger charge is -2.26. The quantitative estimate of drug-likeness (QED) is 0.896. The molecule has 2 aromatic rings. The van der Waals surface area contributed by atoms with Gasteiger partial charge in [0, 0.05) is 48.1 Å². The fourth-order valence-electron chi connectivity index (χ4n) is 3.53. The van der Waals surface area contributed by atoms with E-state index in [1.165, 1.54) is 0 Å². The summed E-state index contributed by atoms with van der Waals surface area (Å²) in [5.74, 6) is -0.270. The van der Waals surface area contributed by atoms with E-state index in [0.29, 0.717) is 27.8 Å². The van der Waals surface area contributed by atoms with E-state index in [-0.39, 0.29) is 11.6 Å². The number of hydrogen-bond donors (Lipinski definition) is 1. The van der Waals surface area contributed by atoms with E-state index in [0.717, 1.165) is 11.3 Å². The summed E-state index contributed by atoms with van der Waals surface area (Å²) < 4.78 is 0. The van der Waals surface area contributed by atoms with Gasteiger partial charge in [0.15, 0.2) is 11.6 Å². The number of nitrogens with zero attached hydrogens (tertiary/aromatic N) is 1. The summed E-state index contributed by atoms with van der Waals surface area (Å²) in [6, 6.07) is 14.5. The number of carbonyl (C=O) groups excluding carboxylic acids is 2. The van der Waals surface area contributed by atoms with Gasteiger partial charge in [-0.2, -0.15) is 0 Å². The van der Waals surface area contributed by atoms with Crippen LogP contribution in [-0.4, -0.2) is 31.7 Å². The molecule has 134 valence electrons. The van der Waals surface area contributed by atoms with E-state index >= 15 is 0 Å². The van der Waals surface area contributed by atoms with Crippen LogP contribution in [0.5, 0.6) is 0 Å². The second-order valence-electron chi connectivity index (χ2n) is 6.96. The first-order chi connectivity index (χ1) is 13.0. The maximum atomic E-state index is 13.1. The van der Waals surface area contributed by atoms with Crippen molar-refractivity contribution in [2.75, 3.05) is 19.0 Å². The Bertz CT molecular complexity index is 1040. The molecule has 0 bridgehead atoms. The van der Waals surface area contributed by atoms with Crippen LogP contribution in [0.2, 0.25) is 0 Å². The Kier molecular flexibility index (Phi) is 4.13. The molecule has 0 fully saturated rings. The van der Waals surface area contributed by atoms with Crippen LogP contribution >= 0.6 is 0 Å². The second-order valence-corrected chi connectivity index (χ2v) is 6.96. The Morgan fingerprint density at radius 3 is 2.19 bits per heavy atom. The number of anilines is 1. The average molecular weight is 356 g/mol. The highest BCUT2D eigenvalue weighted by Gasteiger charge is 2.35. The molecule has 2 N–H and O–H groups in total. The molecule has 0 spiro atoms. The van der Waals surface area contributed by atoms with E-state index in [2.05, 4.69) is 0 Å². The molecular formula is C23H20N2O2. The van der Waals surface area contributed by atoms with Gasteiger partial charge in [-0.1, -0.05) is 48.6 Å². The summed E-state index contributed by atoms with van der Waals surface area (Å²) in [4.78, 5) is 28.0. The summed E-state index contributed by atoms with van der Waals surface area (Å²) in [6.45, 7) is 0. The third-order valence-electron chi connectivity index (χ3n) is 5.01. The van der Waals surface area contributed by atoms with Crippen LogP contribution in [0.1, 0.15) is 26.3 Å². The normalized spacial score (nSPS) is 20.0. The van der Waals surface area contributed by atoms with Crippen LogP contribution in [0.25, 0.3) is 6.08 Å². The molecule has 0 aromatic heterocycles. The van der Waals surface area contributed by atoms with Crippen LogP contribution in [0, 0.1) is 0 Å². The summed E-state index contributed by atoms with van der Waals surface area (Å²) in [6.07, 6.45) is 5.36. The van der Waals surface area contributed by atoms with E-state index in [9.17, 15) is 9.59 Å². The van der Waals surface area contributed by atoms with E-state index in [4.69, 9.17) is 5.73 Å². The number of hydrogen-bond acceptors (Lipinski definition) is 4. The SMILES string of the molecule is CN(C)c1ccc(C=C2C3=C(C=CC2N)C(=O)c2ccccc2C3=O)cc1. The zero-order chi connectivity index (χ0) is 19.1. The Labute approximate surface area is 158 Å². The largest absolute Gasteiger partial charge is 0.378 e. The monoisotopic (exact) mass is 356 g/mol. The molecule has 0 heterocycles. The van der Waals surface area contributed by atoms with Gasteiger partial charge in [0.2, 0.25) is 0 Å². The summed E-state index contributed by atoms with van der Waals surface area (Å²) >= 11 is 0. The molecule has 0 radical (unpaired) electrons. The standard InChI is InChI=1S/C23H20N2O2/c1-25(2)15-9-7-14(8-10-15)13-19-20(24)12-11-18-21(19)23(27)17-6-4-3-5-16(17)22(18)26/h3-13,20H,24H2,1-2H3. The van der Waals surface area contributed by atoms with Crippen molar-refractivity contribution < 1.29 is 9.59 Å². The van der Waals surface area contributed by atoms with Gasteiger partial charge < -0.3 is 10.6 Å². The molecule has 4 nitrogen and oxygen atoms in total. The van der Waals surface area contributed by atoms with Crippen molar-refractivity contribution in [1.29, 1.82) is 0 Å². The van der Waals surface area contributed by atoms with Crippen molar-refractivity contribution in [3.63, 3.8) is 0 Å². The van der Waals surface area contributed by atoms with Gasteiger partial charge in [0.25, 0.3) is 0 Å². The molecule has 1 unspecified atom stereocenters. The van der Waals surface area contributed by atoms with Crippen LogP contribution < -0.4 is 10.6 Å². The number of ketones is 2. The van der Waals surface area contributed by atoms with Gasteiger partial charge in [-0.3, -0.25) is 9.59 Å². The van der Waals surface area contributed by atoms with Gasteiger partial charge in [-0.25, -0.2) is 0 Å². The highest BCUT2D eigenvalue weighted by Crippen LogP contribution is 2.35. The lowest BCUT2D eigenvalue weighted by atomic mass is 9.76. The number of benzene rings is 2. The summed E-state index contributed by atoms with van der Waals surface area (Å²) in [5, 5.41) is 0. The number of nitrogens with two attached hydrogens (primary N) is 1. The molecule has 0 saturated heterocycles. The molecule has 0 saturated carbocycles. The third kappa shape index (κ3) is 2.84. The summed E-state index contributed by atoms with van der Waals surface area (Å²) in [7, 11) is 3.96. The van der Waals surface area contributed by atoms with Crippen molar-refractivity contribution in [1.82, 2.24) is 0 Å².